The average Bonchev–Trinajstić information content (AvgIpc) is 3.30. The fourth-order valence-corrected chi connectivity index (χ4v) is 3.36. The highest BCUT2D eigenvalue weighted by molar-refractivity contribution is 6.35. The number of aryl methyl sites for hydroxylation is 1. The molecule has 3 aromatic rings. The number of halogens is 3. The summed E-state index contributed by atoms with van der Waals surface area (Å²) in [5.74, 6) is -0.979. The number of rotatable bonds is 7. The second-order valence-electron chi connectivity index (χ2n) is 6.13. The summed E-state index contributed by atoms with van der Waals surface area (Å²) >= 11 is 18.5. The third kappa shape index (κ3) is 5.29. The molecule has 2 heterocycles. The van der Waals surface area contributed by atoms with E-state index >= 15 is 0 Å². The van der Waals surface area contributed by atoms with Gasteiger partial charge in [-0.25, -0.2) is 9.48 Å². The number of H-pyrrole nitrogens is 1. The van der Waals surface area contributed by atoms with Crippen molar-refractivity contribution in [3.05, 3.63) is 80.3 Å². The number of hydrogen-bond acceptors (Lipinski definition) is 4. The topological polar surface area (TPSA) is 77.0 Å². The van der Waals surface area contributed by atoms with E-state index < -0.39 is 5.97 Å². The van der Waals surface area contributed by atoms with Gasteiger partial charge in [0.1, 0.15) is 5.15 Å². The molecule has 1 aromatic carbocycles. The standard InChI is InChI=1S/C20H16Cl3N3O3/c1-12-15(6-7-19(28)29-11-18(27)17-3-2-8-24-17)20(23)26(25-12)10-13-4-5-14(21)9-16(13)22/h2-9,24H,10-11H2,1H3. The number of hydrogen-bond donors (Lipinski definition) is 1. The number of aromatic nitrogens is 3. The molecule has 2 aromatic heterocycles. The van der Waals surface area contributed by atoms with E-state index in [4.69, 9.17) is 39.5 Å². The molecule has 0 amide bonds. The Morgan fingerprint density at radius 2 is 2.03 bits per heavy atom. The predicted octanol–water partition coefficient (Wildman–Crippen LogP) is 4.97. The molecule has 150 valence electrons. The van der Waals surface area contributed by atoms with E-state index in [1.165, 1.54) is 12.2 Å². The van der Waals surface area contributed by atoms with Crippen molar-refractivity contribution in [2.75, 3.05) is 6.61 Å². The van der Waals surface area contributed by atoms with Gasteiger partial charge in [0, 0.05) is 27.9 Å². The van der Waals surface area contributed by atoms with Crippen LogP contribution in [0.3, 0.4) is 0 Å². The van der Waals surface area contributed by atoms with Gasteiger partial charge in [-0.05, 0) is 42.8 Å². The minimum absolute atomic E-state index is 0.321. The molecule has 0 spiro atoms. The molecule has 0 atom stereocenters. The zero-order chi connectivity index (χ0) is 21.0. The van der Waals surface area contributed by atoms with Crippen molar-refractivity contribution < 1.29 is 14.3 Å². The number of carbonyl (C=O) groups is 2. The van der Waals surface area contributed by atoms with E-state index in [2.05, 4.69) is 10.1 Å². The molecular weight excluding hydrogens is 437 g/mol. The van der Waals surface area contributed by atoms with Crippen LogP contribution in [0.1, 0.15) is 27.3 Å². The van der Waals surface area contributed by atoms with Crippen molar-refractivity contribution in [2.45, 2.75) is 13.5 Å². The highest BCUT2D eigenvalue weighted by Crippen LogP contribution is 2.26. The van der Waals surface area contributed by atoms with Crippen molar-refractivity contribution in [1.82, 2.24) is 14.8 Å². The SMILES string of the molecule is Cc1nn(Cc2ccc(Cl)cc2Cl)c(Cl)c1C=CC(=O)OCC(=O)c1ccc[nH]1. The molecule has 1 N–H and O–H groups in total. The summed E-state index contributed by atoms with van der Waals surface area (Å²) in [5.41, 5.74) is 2.39. The molecule has 0 fully saturated rings. The first-order valence-corrected chi connectivity index (χ1v) is 9.67. The minimum Gasteiger partial charge on any atom is -0.454 e. The lowest BCUT2D eigenvalue weighted by Crippen LogP contribution is -2.12. The van der Waals surface area contributed by atoms with Gasteiger partial charge in [0.05, 0.1) is 17.9 Å². The van der Waals surface area contributed by atoms with Crippen LogP contribution in [-0.4, -0.2) is 33.1 Å². The smallest absolute Gasteiger partial charge is 0.331 e. The maximum atomic E-state index is 11.9. The molecule has 0 radical (unpaired) electrons. The molecule has 29 heavy (non-hydrogen) atoms. The first-order valence-electron chi connectivity index (χ1n) is 8.53. The Kier molecular flexibility index (Phi) is 6.79. The van der Waals surface area contributed by atoms with Crippen LogP contribution in [0, 0.1) is 6.92 Å². The average molecular weight is 453 g/mol. The third-order valence-electron chi connectivity index (χ3n) is 4.07. The van der Waals surface area contributed by atoms with Crippen molar-refractivity contribution >= 4 is 52.6 Å². The summed E-state index contributed by atoms with van der Waals surface area (Å²) in [6.45, 7) is 1.76. The van der Waals surface area contributed by atoms with E-state index in [0.29, 0.717) is 38.7 Å². The predicted molar refractivity (Wildman–Crippen MR) is 113 cm³/mol. The first kappa shape index (κ1) is 21.2. The van der Waals surface area contributed by atoms with Crippen molar-refractivity contribution in [3.8, 4) is 0 Å². The summed E-state index contributed by atoms with van der Waals surface area (Å²) in [4.78, 5) is 26.5. The molecule has 6 nitrogen and oxygen atoms in total. The third-order valence-corrected chi connectivity index (χ3v) is 5.06. The second kappa shape index (κ2) is 9.31. The Bertz CT molecular complexity index is 1070. The summed E-state index contributed by atoms with van der Waals surface area (Å²) in [6.07, 6.45) is 4.33. The lowest BCUT2D eigenvalue weighted by molar-refractivity contribution is -0.136. The molecule has 0 aliphatic heterocycles. The number of nitrogens with zero attached hydrogens (tertiary/aromatic N) is 2. The largest absolute Gasteiger partial charge is 0.454 e. The first-order chi connectivity index (χ1) is 13.8. The maximum absolute atomic E-state index is 11.9. The number of Topliss-reactive ketones (excluding diaryl/α,β-unsaturated/α-hetero) is 1. The lowest BCUT2D eigenvalue weighted by Gasteiger charge is -2.06. The van der Waals surface area contributed by atoms with Crippen LogP contribution in [0.15, 0.2) is 42.6 Å². The van der Waals surface area contributed by atoms with Gasteiger partial charge in [-0.15, -0.1) is 0 Å². The van der Waals surface area contributed by atoms with Crippen LogP contribution in [0.5, 0.6) is 0 Å². The van der Waals surface area contributed by atoms with Crippen LogP contribution < -0.4 is 0 Å². The van der Waals surface area contributed by atoms with E-state index in [1.54, 1.807) is 48.1 Å². The van der Waals surface area contributed by atoms with Gasteiger partial charge in [0.15, 0.2) is 6.61 Å². The van der Waals surface area contributed by atoms with Crippen LogP contribution in [0.25, 0.3) is 6.08 Å². The lowest BCUT2D eigenvalue weighted by atomic mass is 10.2. The fraction of sp³-hybridized carbons (Fsp3) is 0.150. The van der Waals surface area contributed by atoms with Gasteiger partial charge < -0.3 is 9.72 Å². The molecule has 0 unspecified atom stereocenters. The Balaban J connectivity index is 1.66. The quantitative estimate of drug-likeness (QED) is 0.312. The van der Waals surface area contributed by atoms with Gasteiger partial charge in [0.2, 0.25) is 5.78 Å². The molecular formula is C20H16Cl3N3O3. The highest BCUT2D eigenvalue weighted by atomic mass is 35.5. The molecule has 0 saturated carbocycles. The van der Waals surface area contributed by atoms with Crippen molar-refractivity contribution in [2.24, 2.45) is 0 Å². The summed E-state index contributed by atoms with van der Waals surface area (Å²) in [5, 5.41) is 5.78. The zero-order valence-electron chi connectivity index (χ0n) is 15.3. The van der Waals surface area contributed by atoms with Gasteiger partial charge in [-0.2, -0.15) is 5.10 Å². The van der Waals surface area contributed by atoms with Gasteiger partial charge >= 0.3 is 5.97 Å². The summed E-state index contributed by atoms with van der Waals surface area (Å²) < 4.78 is 6.54. The molecule has 0 aliphatic rings. The number of nitrogens with one attached hydrogen (secondary N) is 1. The van der Waals surface area contributed by atoms with Gasteiger partial charge in [-0.1, -0.05) is 40.9 Å². The summed E-state index contributed by atoms with van der Waals surface area (Å²) in [7, 11) is 0. The molecule has 0 saturated heterocycles. The minimum atomic E-state index is -0.658. The van der Waals surface area contributed by atoms with Crippen LogP contribution >= 0.6 is 34.8 Å². The number of ketones is 1. The number of aromatic amines is 1. The fourth-order valence-electron chi connectivity index (χ4n) is 2.59. The van der Waals surface area contributed by atoms with E-state index in [1.807, 2.05) is 0 Å². The Labute approximate surface area is 182 Å². The number of carbonyl (C=O) groups excluding carboxylic acids is 2. The number of ether oxygens (including phenoxy) is 1. The normalized spacial score (nSPS) is 11.2. The monoisotopic (exact) mass is 451 g/mol. The van der Waals surface area contributed by atoms with Crippen molar-refractivity contribution in [1.29, 1.82) is 0 Å². The van der Waals surface area contributed by atoms with Gasteiger partial charge in [0.25, 0.3) is 0 Å². The Morgan fingerprint density at radius 3 is 2.72 bits per heavy atom. The Hall–Kier alpha value is -2.54. The van der Waals surface area contributed by atoms with Crippen molar-refractivity contribution in [3.63, 3.8) is 0 Å². The molecule has 0 aliphatic carbocycles. The molecule has 9 heteroatoms. The van der Waals surface area contributed by atoms with Gasteiger partial charge in [-0.3, -0.25) is 4.79 Å². The maximum Gasteiger partial charge on any atom is 0.331 e. The highest BCUT2D eigenvalue weighted by Gasteiger charge is 2.14. The van der Waals surface area contributed by atoms with Crippen LogP contribution in [-0.2, 0) is 16.1 Å². The molecule has 0 bridgehead atoms. The number of benzene rings is 1. The van der Waals surface area contributed by atoms with E-state index in [0.717, 1.165) is 5.56 Å². The van der Waals surface area contributed by atoms with Crippen LogP contribution in [0.2, 0.25) is 15.2 Å². The molecule has 3 rings (SSSR count). The van der Waals surface area contributed by atoms with E-state index in [9.17, 15) is 9.59 Å². The summed E-state index contributed by atoms with van der Waals surface area (Å²) in [6, 6.07) is 8.48. The van der Waals surface area contributed by atoms with E-state index in [-0.39, 0.29) is 12.4 Å². The zero-order valence-corrected chi connectivity index (χ0v) is 17.6. The second-order valence-corrected chi connectivity index (χ2v) is 7.33. The number of esters is 1. The Morgan fingerprint density at radius 1 is 1.24 bits per heavy atom. The van der Waals surface area contributed by atoms with Crippen LogP contribution in [0.4, 0.5) is 0 Å².